The van der Waals surface area contributed by atoms with Crippen LogP contribution in [-0.4, -0.2) is 21.4 Å². The Hall–Kier alpha value is -2.73. The van der Waals surface area contributed by atoms with Crippen LogP contribution in [0.2, 0.25) is 0 Å². The maximum absolute atomic E-state index is 11.3. The molecule has 0 heterocycles. The predicted molar refractivity (Wildman–Crippen MR) is 70.3 cm³/mol. The van der Waals surface area contributed by atoms with Gasteiger partial charge in [-0.25, -0.2) is 0 Å². The van der Waals surface area contributed by atoms with Crippen molar-refractivity contribution in [1.29, 1.82) is 0 Å². The van der Waals surface area contributed by atoms with Crippen molar-refractivity contribution in [3.63, 3.8) is 0 Å². The van der Waals surface area contributed by atoms with E-state index >= 15 is 0 Å². The first-order valence-corrected chi connectivity index (χ1v) is 5.71. The number of nitrogens with zero attached hydrogens (tertiary/aromatic N) is 1. The Morgan fingerprint density at radius 2 is 1.80 bits per heavy atom. The highest BCUT2D eigenvalue weighted by Crippen LogP contribution is 2.35. The second kappa shape index (κ2) is 5.10. The number of aromatic hydroxyl groups is 1. The lowest BCUT2D eigenvalue weighted by Crippen LogP contribution is -2.29. The highest BCUT2D eigenvalue weighted by atomic mass is 16.6. The number of hydrogen-bond acceptors (Lipinski definition) is 5. The zero-order valence-corrected chi connectivity index (χ0v) is 10.3. The van der Waals surface area contributed by atoms with Crippen LogP contribution in [0.4, 0.5) is 5.69 Å². The number of benzene rings is 2. The van der Waals surface area contributed by atoms with Crippen LogP contribution in [0.25, 0.3) is 0 Å². The Morgan fingerprint density at radius 1 is 1.15 bits per heavy atom. The molecule has 2 rings (SSSR count). The van der Waals surface area contributed by atoms with Gasteiger partial charge in [-0.3, -0.25) is 14.9 Å². The van der Waals surface area contributed by atoms with Gasteiger partial charge in [0.2, 0.25) is 0 Å². The maximum atomic E-state index is 11.3. The molecule has 0 saturated heterocycles. The molecule has 0 aromatic heterocycles. The quantitative estimate of drug-likeness (QED) is 0.502. The van der Waals surface area contributed by atoms with Crippen molar-refractivity contribution in [3.8, 4) is 5.75 Å². The molecule has 2 aromatic carbocycles. The van der Waals surface area contributed by atoms with Gasteiger partial charge < -0.3 is 10.2 Å². The molecule has 0 radical (unpaired) electrons. The van der Waals surface area contributed by atoms with Crippen molar-refractivity contribution >= 4 is 12.0 Å². The van der Waals surface area contributed by atoms with Crippen LogP contribution in [0.3, 0.4) is 0 Å². The molecular formula is C14H11NO5. The summed E-state index contributed by atoms with van der Waals surface area (Å²) in [6.45, 7) is 0. The normalized spacial score (nSPS) is 13.4. The van der Waals surface area contributed by atoms with Crippen molar-refractivity contribution in [2.24, 2.45) is 0 Å². The fourth-order valence-electron chi connectivity index (χ4n) is 1.92. The predicted octanol–water partition coefficient (Wildman–Crippen LogP) is 1.74. The molecule has 0 saturated carbocycles. The molecule has 1 atom stereocenters. The first-order chi connectivity index (χ1) is 9.49. The summed E-state index contributed by atoms with van der Waals surface area (Å²) in [6.07, 6.45) is 0.237. The first kappa shape index (κ1) is 13.7. The van der Waals surface area contributed by atoms with E-state index in [0.29, 0.717) is 0 Å². The molecular weight excluding hydrogens is 262 g/mol. The van der Waals surface area contributed by atoms with E-state index in [0.717, 1.165) is 18.2 Å². The number of non-ortho nitro benzene ring substituents is 1. The Bertz CT molecular complexity index is 656. The van der Waals surface area contributed by atoms with E-state index in [9.17, 15) is 25.1 Å². The lowest BCUT2D eigenvalue weighted by Gasteiger charge is -2.23. The van der Waals surface area contributed by atoms with E-state index in [4.69, 9.17) is 0 Å². The molecule has 0 aliphatic rings. The number of nitro benzene ring substituents is 1. The van der Waals surface area contributed by atoms with Gasteiger partial charge in [0.25, 0.3) is 5.69 Å². The summed E-state index contributed by atoms with van der Waals surface area (Å²) in [6, 6.07) is 11.1. The number of aldehydes is 1. The summed E-state index contributed by atoms with van der Waals surface area (Å²) < 4.78 is 0. The molecule has 0 spiro atoms. The van der Waals surface area contributed by atoms with Gasteiger partial charge in [0.05, 0.1) is 4.92 Å². The summed E-state index contributed by atoms with van der Waals surface area (Å²) in [4.78, 5) is 21.4. The molecule has 0 amide bonds. The summed E-state index contributed by atoms with van der Waals surface area (Å²) >= 11 is 0. The van der Waals surface area contributed by atoms with Crippen molar-refractivity contribution in [2.75, 3.05) is 0 Å². The second-order valence-corrected chi connectivity index (χ2v) is 4.21. The summed E-state index contributed by atoms with van der Waals surface area (Å²) in [5, 5.41) is 31.1. The minimum Gasteiger partial charge on any atom is -0.508 e. The molecule has 6 heteroatoms. The Kier molecular flexibility index (Phi) is 3.49. The summed E-state index contributed by atoms with van der Waals surface area (Å²) in [5.74, 6) is -0.394. The molecule has 2 N–H and O–H groups in total. The number of rotatable bonds is 4. The first-order valence-electron chi connectivity index (χ1n) is 5.71. The number of carbonyl (C=O) groups excluding carboxylic acids is 1. The lowest BCUT2D eigenvalue weighted by atomic mass is 9.87. The monoisotopic (exact) mass is 273 g/mol. The highest BCUT2D eigenvalue weighted by molar-refractivity contribution is 5.74. The lowest BCUT2D eigenvalue weighted by molar-refractivity contribution is -0.385. The van der Waals surface area contributed by atoms with Crippen molar-refractivity contribution in [2.45, 2.75) is 5.60 Å². The summed E-state index contributed by atoms with van der Waals surface area (Å²) in [5.41, 5.74) is -2.48. The average molecular weight is 273 g/mol. The van der Waals surface area contributed by atoms with Gasteiger partial charge in [-0.2, -0.15) is 0 Å². The number of aliphatic hydroxyl groups is 1. The number of nitro groups is 1. The largest absolute Gasteiger partial charge is 0.508 e. The molecule has 0 aliphatic carbocycles. The molecule has 102 valence electrons. The summed E-state index contributed by atoms with van der Waals surface area (Å²) in [7, 11) is 0. The van der Waals surface area contributed by atoms with Crippen LogP contribution in [-0.2, 0) is 10.4 Å². The molecule has 20 heavy (non-hydrogen) atoms. The SMILES string of the molecule is O=CC(O)(c1ccccc1)c1cc([N+](=O)[O-])ccc1O. The van der Waals surface area contributed by atoms with Crippen LogP contribution in [0, 0.1) is 10.1 Å². The molecule has 1 unspecified atom stereocenters. The number of phenolic OH excluding ortho intramolecular Hbond substituents is 1. The van der Waals surface area contributed by atoms with Crippen LogP contribution in [0.15, 0.2) is 48.5 Å². The van der Waals surface area contributed by atoms with E-state index in [1.54, 1.807) is 18.2 Å². The van der Waals surface area contributed by atoms with Crippen LogP contribution < -0.4 is 0 Å². The molecule has 0 aliphatic heterocycles. The third kappa shape index (κ3) is 2.24. The van der Waals surface area contributed by atoms with E-state index < -0.39 is 16.3 Å². The Labute approximate surface area is 114 Å². The van der Waals surface area contributed by atoms with Gasteiger partial charge >= 0.3 is 0 Å². The Morgan fingerprint density at radius 3 is 2.35 bits per heavy atom. The second-order valence-electron chi connectivity index (χ2n) is 4.21. The number of hydrogen-bond donors (Lipinski definition) is 2. The van der Waals surface area contributed by atoms with Crippen molar-refractivity contribution < 1.29 is 19.9 Å². The zero-order valence-electron chi connectivity index (χ0n) is 10.3. The van der Waals surface area contributed by atoms with E-state index in [2.05, 4.69) is 0 Å². The minimum atomic E-state index is -2.14. The van der Waals surface area contributed by atoms with Crippen LogP contribution in [0.5, 0.6) is 5.75 Å². The van der Waals surface area contributed by atoms with Gasteiger partial charge in [-0.15, -0.1) is 0 Å². The fraction of sp³-hybridized carbons (Fsp3) is 0.0714. The molecule has 0 bridgehead atoms. The molecule has 6 nitrogen and oxygen atoms in total. The van der Waals surface area contributed by atoms with Gasteiger partial charge in [-0.1, -0.05) is 30.3 Å². The minimum absolute atomic E-state index is 0.214. The average Bonchev–Trinajstić information content (AvgIpc) is 2.47. The van der Waals surface area contributed by atoms with Crippen LogP contribution >= 0.6 is 0 Å². The standard InChI is InChI=1S/C14H11NO5/c16-9-14(18,10-4-2-1-3-5-10)12-8-11(15(19)20)6-7-13(12)17/h1-9,17-18H. The zero-order chi connectivity index (χ0) is 14.8. The highest BCUT2D eigenvalue weighted by Gasteiger charge is 2.35. The van der Waals surface area contributed by atoms with Gasteiger partial charge in [0.1, 0.15) is 5.75 Å². The van der Waals surface area contributed by atoms with Gasteiger partial charge in [-0.05, 0) is 11.6 Å². The Balaban J connectivity index is 2.65. The third-order valence-electron chi connectivity index (χ3n) is 2.99. The fourth-order valence-corrected chi connectivity index (χ4v) is 1.92. The third-order valence-corrected chi connectivity index (χ3v) is 2.99. The number of phenols is 1. The van der Waals surface area contributed by atoms with Gasteiger partial charge in [0, 0.05) is 17.7 Å². The maximum Gasteiger partial charge on any atom is 0.270 e. The van der Waals surface area contributed by atoms with E-state index in [1.165, 1.54) is 12.1 Å². The van der Waals surface area contributed by atoms with Gasteiger partial charge in [0.15, 0.2) is 11.9 Å². The molecule has 0 fully saturated rings. The number of carbonyl (C=O) groups is 1. The van der Waals surface area contributed by atoms with Crippen LogP contribution in [0.1, 0.15) is 11.1 Å². The topological polar surface area (TPSA) is 101 Å². The van der Waals surface area contributed by atoms with Crippen molar-refractivity contribution in [3.05, 3.63) is 69.8 Å². The molecule has 2 aromatic rings. The van der Waals surface area contributed by atoms with Crippen molar-refractivity contribution in [1.82, 2.24) is 0 Å². The van der Waals surface area contributed by atoms with E-state index in [1.807, 2.05) is 0 Å². The smallest absolute Gasteiger partial charge is 0.270 e. The van der Waals surface area contributed by atoms with E-state index in [-0.39, 0.29) is 23.1 Å².